The first kappa shape index (κ1) is 8.94. The van der Waals surface area contributed by atoms with Crippen LogP contribution in [0.4, 0.5) is 0 Å². The summed E-state index contributed by atoms with van der Waals surface area (Å²) in [5.41, 5.74) is 2.92. The van der Waals surface area contributed by atoms with Crippen LogP contribution in [0.3, 0.4) is 0 Å². The zero-order valence-corrected chi connectivity index (χ0v) is 7.73. The second-order valence-corrected chi connectivity index (χ2v) is 3.31. The number of carbonyl (C=O) groups is 1. The first-order chi connectivity index (χ1) is 6.77. The molecule has 1 aromatic rings. The Balaban J connectivity index is 2.35. The molecule has 0 saturated carbocycles. The standard InChI is InChI=1S/C11H11NO2/c13-11(14)7-10-9-4-2-1-3-8(9)5-6-12-10/h1-4H,5-7H2,(H,13,14). The molecule has 0 bridgehead atoms. The van der Waals surface area contributed by atoms with Gasteiger partial charge in [0.15, 0.2) is 0 Å². The van der Waals surface area contributed by atoms with E-state index in [9.17, 15) is 4.79 Å². The molecule has 1 aliphatic rings. The second-order valence-electron chi connectivity index (χ2n) is 3.31. The molecule has 1 N–H and O–H groups in total. The van der Waals surface area contributed by atoms with Crippen molar-refractivity contribution in [1.82, 2.24) is 0 Å². The highest BCUT2D eigenvalue weighted by atomic mass is 16.4. The third-order valence-electron chi connectivity index (χ3n) is 2.33. The van der Waals surface area contributed by atoms with E-state index in [4.69, 9.17) is 5.11 Å². The van der Waals surface area contributed by atoms with Gasteiger partial charge >= 0.3 is 5.97 Å². The van der Waals surface area contributed by atoms with Crippen molar-refractivity contribution in [3.05, 3.63) is 35.4 Å². The highest BCUT2D eigenvalue weighted by molar-refractivity contribution is 6.10. The van der Waals surface area contributed by atoms with Gasteiger partial charge in [-0.1, -0.05) is 24.3 Å². The van der Waals surface area contributed by atoms with Crippen LogP contribution in [-0.2, 0) is 11.2 Å². The zero-order valence-electron chi connectivity index (χ0n) is 7.73. The number of carboxylic acids is 1. The average Bonchev–Trinajstić information content (AvgIpc) is 2.18. The van der Waals surface area contributed by atoms with Gasteiger partial charge in [-0.25, -0.2) is 0 Å². The van der Waals surface area contributed by atoms with Crippen molar-refractivity contribution in [3.8, 4) is 0 Å². The Labute approximate surface area is 82.1 Å². The number of rotatable bonds is 2. The average molecular weight is 189 g/mol. The summed E-state index contributed by atoms with van der Waals surface area (Å²) in [5, 5.41) is 8.71. The molecule has 1 heterocycles. The zero-order chi connectivity index (χ0) is 9.97. The van der Waals surface area contributed by atoms with E-state index in [0.717, 1.165) is 12.0 Å². The van der Waals surface area contributed by atoms with E-state index in [2.05, 4.69) is 4.99 Å². The van der Waals surface area contributed by atoms with Gasteiger partial charge in [-0.3, -0.25) is 9.79 Å². The fraction of sp³-hybridized carbons (Fsp3) is 0.273. The van der Waals surface area contributed by atoms with Gasteiger partial charge < -0.3 is 5.11 Å². The normalized spacial score (nSPS) is 14.4. The molecule has 72 valence electrons. The SMILES string of the molecule is O=C(O)CC1=NCCc2ccccc21. The first-order valence-electron chi connectivity index (χ1n) is 4.61. The molecule has 0 spiro atoms. The minimum atomic E-state index is -0.819. The van der Waals surface area contributed by atoms with Gasteiger partial charge in [0.25, 0.3) is 0 Å². The third-order valence-corrected chi connectivity index (χ3v) is 2.33. The van der Waals surface area contributed by atoms with E-state index in [1.165, 1.54) is 5.56 Å². The van der Waals surface area contributed by atoms with Crippen LogP contribution < -0.4 is 0 Å². The van der Waals surface area contributed by atoms with E-state index in [0.29, 0.717) is 12.3 Å². The van der Waals surface area contributed by atoms with Crippen molar-refractivity contribution in [2.75, 3.05) is 6.54 Å². The Bertz CT molecular complexity index is 396. The first-order valence-corrected chi connectivity index (χ1v) is 4.61. The molecule has 0 aromatic heterocycles. The van der Waals surface area contributed by atoms with Gasteiger partial charge in [0, 0.05) is 6.54 Å². The monoisotopic (exact) mass is 189 g/mol. The maximum absolute atomic E-state index is 10.6. The topological polar surface area (TPSA) is 49.7 Å². The van der Waals surface area contributed by atoms with Crippen LogP contribution in [0.1, 0.15) is 17.5 Å². The van der Waals surface area contributed by atoms with Gasteiger partial charge in [0.2, 0.25) is 0 Å². The Hall–Kier alpha value is -1.64. The molecule has 0 fully saturated rings. The van der Waals surface area contributed by atoms with Crippen molar-refractivity contribution < 1.29 is 9.90 Å². The van der Waals surface area contributed by atoms with Gasteiger partial charge in [0.05, 0.1) is 12.1 Å². The van der Waals surface area contributed by atoms with Gasteiger partial charge in [-0.05, 0) is 17.5 Å². The molecular weight excluding hydrogens is 178 g/mol. The summed E-state index contributed by atoms with van der Waals surface area (Å²) in [7, 11) is 0. The number of benzene rings is 1. The number of aliphatic imine (C=N–C) groups is 1. The summed E-state index contributed by atoms with van der Waals surface area (Å²) in [6.45, 7) is 0.708. The molecule has 0 amide bonds. The quantitative estimate of drug-likeness (QED) is 0.766. The third kappa shape index (κ3) is 1.66. The molecule has 0 saturated heterocycles. The lowest BCUT2D eigenvalue weighted by Crippen LogP contribution is -2.16. The smallest absolute Gasteiger partial charge is 0.309 e. The fourth-order valence-electron chi connectivity index (χ4n) is 1.71. The van der Waals surface area contributed by atoms with Crippen LogP contribution in [0.15, 0.2) is 29.3 Å². The maximum atomic E-state index is 10.6. The van der Waals surface area contributed by atoms with Gasteiger partial charge in [-0.2, -0.15) is 0 Å². The lowest BCUT2D eigenvalue weighted by atomic mass is 9.96. The van der Waals surface area contributed by atoms with E-state index < -0.39 is 5.97 Å². The molecule has 0 radical (unpaired) electrons. The van der Waals surface area contributed by atoms with Crippen LogP contribution in [-0.4, -0.2) is 23.3 Å². The summed E-state index contributed by atoms with van der Waals surface area (Å²) in [6, 6.07) is 7.87. The summed E-state index contributed by atoms with van der Waals surface area (Å²) >= 11 is 0. The largest absolute Gasteiger partial charge is 0.481 e. The molecule has 14 heavy (non-hydrogen) atoms. The van der Waals surface area contributed by atoms with Crippen LogP contribution in [0.5, 0.6) is 0 Å². The van der Waals surface area contributed by atoms with Crippen molar-refractivity contribution >= 4 is 11.7 Å². The predicted molar refractivity (Wildman–Crippen MR) is 53.8 cm³/mol. The van der Waals surface area contributed by atoms with Crippen molar-refractivity contribution in [2.24, 2.45) is 4.99 Å². The van der Waals surface area contributed by atoms with Crippen molar-refractivity contribution in [1.29, 1.82) is 0 Å². The van der Waals surface area contributed by atoms with Crippen molar-refractivity contribution in [2.45, 2.75) is 12.8 Å². The Morgan fingerprint density at radius 2 is 2.21 bits per heavy atom. The number of hydrogen-bond donors (Lipinski definition) is 1. The number of fused-ring (bicyclic) bond motifs is 1. The van der Waals surface area contributed by atoms with Crippen molar-refractivity contribution in [3.63, 3.8) is 0 Å². The maximum Gasteiger partial charge on any atom is 0.309 e. The second kappa shape index (κ2) is 3.62. The van der Waals surface area contributed by atoms with Crippen LogP contribution in [0, 0.1) is 0 Å². The van der Waals surface area contributed by atoms with E-state index in [1.807, 2.05) is 24.3 Å². The molecule has 3 heteroatoms. The van der Waals surface area contributed by atoms with Crippen LogP contribution in [0.25, 0.3) is 0 Å². The molecule has 1 aliphatic heterocycles. The van der Waals surface area contributed by atoms with Gasteiger partial charge in [0.1, 0.15) is 0 Å². The molecule has 0 aliphatic carbocycles. The molecule has 0 unspecified atom stereocenters. The molecule has 1 aromatic carbocycles. The minimum absolute atomic E-state index is 0.0248. The minimum Gasteiger partial charge on any atom is -0.481 e. The molecule has 3 nitrogen and oxygen atoms in total. The summed E-state index contributed by atoms with van der Waals surface area (Å²) in [4.78, 5) is 14.8. The number of carboxylic acid groups (broad SMARTS) is 1. The molecular formula is C11H11NO2. The Morgan fingerprint density at radius 3 is 3.00 bits per heavy atom. The lowest BCUT2D eigenvalue weighted by molar-refractivity contribution is -0.135. The van der Waals surface area contributed by atoms with E-state index >= 15 is 0 Å². The summed E-state index contributed by atoms with van der Waals surface area (Å²) in [5.74, 6) is -0.819. The summed E-state index contributed by atoms with van der Waals surface area (Å²) < 4.78 is 0. The van der Waals surface area contributed by atoms with Crippen LogP contribution in [0.2, 0.25) is 0 Å². The predicted octanol–water partition coefficient (Wildman–Crippen LogP) is 1.51. The Kier molecular flexibility index (Phi) is 2.31. The number of hydrogen-bond acceptors (Lipinski definition) is 2. The summed E-state index contributed by atoms with van der Waals surface area (Å²) in [6.07, 6.45) is 0.941. The van der Waals surface area contributed by atoms with E-state index in [1.54, 1.807) is 0 Å². The highest BCUT2D eigenvalue weighted by Gasteiger charge is 2.15. The molecule has 0 atom stereocenters. The van der Waals surface area contributed by atoms with E-state index in [-0.39, 0.29) is 6.42 Å². The van der Waals surface area contributed by atoms with Gasteiger partial charge in [-0.15, -0.1) is 0 Å². The van der Waals surface area contributed by atoms with Crippen LogP contribution >= 0.6 is 0 Å². The highest BCUT2D eigenvalue weighted by Crippen LogP contribution is 2.17. The number of nitrogens with zero attached hydrogens (tertiary/aromatic N) is 1. The molecule has 2 rings (SSSR count). The fourth-order valence-corrected chi connectivity index (χ4v) is 1.71. The number of aliphatic carboxylic acids is 1. The Morgan fingerprint density at radius 1 is 1.43 bits per heavy atom. The lowest BCUT2D eigenvalue weighted by Gasteiger charge is -2.15.